The van der Waals surface area contributed by atoms with E-state index in [1.54, 1.807) is 7.11 Å². The lowest BCUT2D eigenvalue weighted by Crippen LogP contribution is -2.44. The summed E-state index contributed by atoms with van der Waals surface area (Å²) >= 11 is 0. The maximum atomic E-state index is 13.0. The maximum Gasteiger partial charge on any atom is 0.256 e. The van der Waals surface area contributed by atoms with E-state index >= 15 is 0 Å². The molecule has 0 aliphatic carbocycles. The summed E-state index contributed by atoms with van der Waals surface area (Å²) in [6, 6.07) is 11.7. The minimum absolute atomic E-state index is 0.107. The van der Waals surface area contributed by atoms with Gasteiger partial charge in [0.05, 0.1) is 7.11 Å². The lowest BCUT2D eigenvalue weighted by Gasteiger charge is -2.30. The van der Waals surface area contributed by atoms with Crippen LogP contribution in [-0.4, -0.2) is 25.2 Å². The molecule has 0 bridgehead atoms. The van der Waals surface area contributed by atoms with Crippen LogP contribution in [0.2, 0.25) is 0 Å². The molecular weight excluding hydrogens is 314 g/mol. The molecule has 0 saturated heterocycles. The quantitative estimate of drug-likeness (QED) is 0.732. The lowest BCUT2D eigenvalue weighted by molar-refractivity contribution is -0.141. The molecule has 2 aromatic rings. The van der Waals surface area contributed by atoms with Crippen LogP contribution in [0.5, 0.6) is 5.75 Å². The van der Waals surface area contributed by atoms with E-state index in [1.165, 1.54) is 0 Å². The van der Waals surface area contributed by atoms with Gasteiger partial charge in [0, 0.05) is 23.1 Å². The Labute approximate surface area is 150 Å². The van der Waals surface area contributed by atoms with E-state index in [1.807, 2.05) is 50.2 Å². The number of hydrogen-bond donors (Lipinski definition) is 1. The van der Waals surface area contributed by atoms with E-state index in [0.29, 0.717) is 18.9 Å². The number of carbonyl (C=O) groups excluding carboxylic acids is 1. The first-order valence-corrected chi connectivity index (χ1v) is 8.92. The maximum absolute atomic E-state index is 13.0. The zero-order valence-electron chi connectivity index (χ0n) is 15.9. The third kappa shape index (κ3) is 4.51. The Balaban J connectivity index is 2.33. The molecule has 25 heavy (non-hydrogen) atoms. The van der Waals surface area contributed by atoms with Crippen LogP contribution in [0, 0.1) is 5.92 Å². The third-order valence-electron chi connectivity index (χ3n) is 4.26. The molecule has 4 nitrogen and oxygen atoms in total. The number of fused-ring (bicyclic) bond motifs is 1. The first kappa shape index (κ1) is 19.3. The van der Waals surface area contributed by atoms with Crippen LogP contribution in [0.25, 0.3) is 10.8 Å². The second-order valence-electron chi connectivity index (χ2n) is 6.99. The highest BCUT2D eigenvalue weighted by Crippen LogP contribution is 2.32. The fraction of sp³-hybridized carbons (Fsp3) is 0.476. The van der Waals surface area contributed by atoms with Gasteiger partial charge in [-0.1, -0.05) is 45.0 Å². The molecule has 2 rings (SSSR count). The van der Waals surface area contributed by atoms with Gasteiger partial charge >= 0.3 is 0 Å². The Morgan fingerprint density at radius 1 is 1.16 bits per heavy atom. The highest BCUT2D eigenvalue weighted by molar-refractivity contribution is 6.06. The molecule has 136 valence electrons. The van der Waals surface area contributed by atoms with Crippen molar-refractivity contribution < 1.29 is 14.3 Å². The summed E-state index contributed by atoms with van der Waals surface area (Å²) < 4.78 is 11.4. The summed E-state index contributed by atoms with van der Waals surface area (Å²) in [5, 5.41) is 5.00. The van der Waals surface area contributed by atoms with Gasteiger partial charge in [-0.3, -0.25) is 4.79 Å². The summed E-state index contributed by atoms with van der Waals surface area (Å²) in [6.07, 6.45) is 1.55. The molecule has 0 spiro atoms. The highest BCUT2D eigenvalue weighted by Gasteiger charge is 2.35. The second kappa shape index (κ2) is 8.34. The number of carbonyl (C=O) groups is 1. The fourth-order valence-corrected chi connectivity index (χ4v) is 3.14. The van der Waals surface area contributed by atoms with E-state index < -0.39 is 5.60 Å². The summed E-state index contributed by atoms with van der Waals surface area (Å²) in [6.45, 7) is 8.70. The minimum Gasteiger partial charge on any atom is -0.496 e. The van der Waals surface area contributed by atoms with E-state index in [4.69, 9.17) is 9.47 Å². The van der Waals surface area contributed by atoms with E-state index in [2.05, 4.69) is 19.2 Å². The van der Waals surface area contributed by atoms with Gasteiger partial charge in [0.15, 0.2) is 0 Å². The van der Waals surface area contributed by atoms with Crippen LogP contribution < -0.4 is 10.1 Å². The smallest absolute Gasteiger partial charge is 0.256 e. The molecule has 0 radical (unpaired) electrons. The molecule has 0 aromatic heterocycles. The molecule has 4 heteroatoms. The molecule has 0 aliphatic rings. The predicted octanol–water partition coefficient (Wildman–Crippen LogP) is 5.02. The Morgan fingerprint density at radius 3 is 2.44 bits per heavy atom. The number of benzene rings is 2. The molecule has 2 aromatic carbocycles. The van der Waals surface area contributed by atoms with Crippen LogP contribution in [0.3, 0.4) is 0 Å². The number of amides is 1. The van der Waals surface area contributed by atoms with Crippen molar-refractivity contribution in [3.8, 4) is 5.75 Å². The number of ether oxygens (including phenoxy) is 2. The third-order valence-corrected chi connectivity index (χ3v) is 4.26. The van der Waals surface area contributed by atoms with Crippen molar-refractivity contribution in [3.05, 3.63) is 36.4 Å². The van der Waals surface area contributed by atoms with Crippen molar-refractivity contribution >= 4 is 22.4 Å². The fourth-order valence-electron chi connectivity index (χ4n) is 3.14. The topological polar surface area (TPSA) is 47.6 Å². The SMILES string of the molecule is CCCO[C@](C)(CC(C)C)C(=O)Nc1ccc(OC)c2ccccc12. The Hall–Kier alpha value is -2.07. The minimum atomic E-state index is -0.842. The molecule has 0 unspecified atom stereocenters. The van der Waals surface area contributed by atoms with Crippen LogP contribution in [0.4, 0.5) is 5.69 Å². The zero-order valence-corrected chi connectivity index (χ0v) is 15.9. The molecule has 1 atom stereocenters. The van der Waals surface area contributed by atoms with Gasteiger partial charge in [0.25, 0.3) is 5.91 Å². The largest absolute Gasteiger partial charge is 0.496 e. The normalized spacial score (nSPS) is 13.7. The Kier molecular flexibility index (Phi) is 6.43. The first-order chi connectivity index (χ1) is 11.9. The van der Waals surface area contributed by atoms with E-state index in [0.717, 1.165) is 28.6 Å². The molecule has 0 saturated carbocycles. The number of hydrogen-bond acceptors (Lipinski definition) is 3. The number of nitrogens with one attached hydrogen (secondary N) is 1. The van der Waals surface area contributed by atoms with Crippen molar-refractivity contribution in [1.82, 2.24) is 0 Å². The number of rotatable bonds is 8. The second-order valence-corrected chi connectivity index (χ2v) is 6.99. The van der Waals surface area contributed by atoms with Crippen LogP contribution in [0.15, 0.2) is 36.4 Å². The molecule has 0 aliphatic heterocycles. The van der Waals surface area contributed by atoms with Crippen LogP contribution >= 0.6 is 0 Å². The Bertz CT molecular complexity index is 726. The van der Waals surface area contributed by atoms with Crippen LogP contribution in [-0.2, 0) is 9.53 Å². The van der Waals surface area contributed by atoms with Gasteiger partial charge in [-0.15, -0.1) is 0 Å². The zero-order chi connectivity index (χ0) is 18.4. The van der Waals surface area contributed by atoms with Gasteiger partial charge < -0.3 is 14.8 Å². The van der Waals surface area contributed by atoms with Gasteiger partial charge in [0.1, 0.15) is 11.4 Å². The predicted molar refractivity (Wildman–Crippen MR) is 103 cm³/mol. The van der Waals surface area contributed by atoms with Crippen molar-refractivity contribution in [2.45, 2.75) is 46.1 Å². The molecule has 0 fully saturated rings. The van der Waals surface area contributed by atoms with Gasteiger partial charge in [0.2, 0.25) is 0 Å². The van der Waals surface area contributed by atoms with Crippen molar-refractivity contribution in [2.24, 2.45) is 5.92 Å². The van der Waals surface area contributed by atoms with Gasteiger partial charge in [-0.05, 0) is 37.8 Å². The molecule has 0 heterocycles. The number of methoxy groups -OCH3 is 1. The summed E-state index contributed by atoms with van der Waals surface area (Å²) in [5.41, 5.74) is -0.0675. The molecular formula is C21H29NO3. The first-order valence-electron chi connectivity index (χ1n) is 8.92. The molecule has 1 amide bonds. The highest BCUT2D eigenvalue weighted by atomic mass is 16.5. The number of anilines is 1. The summed E-state index contributed by atoms with van der Waals surface area (Å²) in [7, 11) is 1.65. The Morgan fingerprint density at radius 2 is 1.84 bits per heavy atom. The van der Waals surface area contributed by atoms with Crippen LogP contribution in [0.1, 0.15) is 40.5 Å². The summed E-state index contributed by atoms with van der Waals surface area (Å²) in [4.78, 5) is 13.0. The average Bonchev–Trinajstić information content (AvgIpc) is 2.59. The van der Waals surface area contributed by atoms with Crippen molar-refractivity contribution in [2.75, 3.05) is 19.0 Å². The van der Waals surface area contributed by atoms with Crippen molar-refractivity contribution in [1.29, 1.82) is 0 Å². The molecule has 1 N–H and O–H groups in total. The van der Waals surface area contributed by atoms with E-state index in [9.17, 15) is 4.79 Å². The van der Waals surface area contributed by atoms with E-state index in [-0.39, 0.29) is 5.91 Å². The van der Waals surface area contributed by atoms with Crippen molar-refractivity contribution in [3.63, 3.8) is 0 Å². The average molecular weight is 343 g/mol. The standard InChI is InChI=1S/C21H29NO3/c1-6-13-25-21(4,14-15(2)3)20(23)22-18-11-12-19(24-5)17-10-8-7-9-16(17)18/h7-12,15H,6,13-14H2,1-5H3,(H,22,23)/t21-/m1/s1. The van der Waals surface area contributed by atoms with Gasteiger partial charge in [-0.25, -0.2) is 0 Å². The monoisotopic (exact) mass is 343 g/mol. The lowest BCUT2D eigenvalue weighted by atomic mass is 9.92. The van der Waals surface area contributed by atoms with Gasteiger partial charge in [-0.2, -0.15) is 0 Å². The summed E-state index contributed by atoms with van der Waals surface area (Å²) in [5.74, 6) is 1.05.